The number of hydrogen-bond donors (Lipinski definition) is 3. The summed E-state index contributed by atoms with van der Waals surface area (Å²) in [5.74, 6) is 0.442. The maximum atomic E-state index is 10.8. The zero-order chi connectivity index (χ0) is 16.6. The fourth-order valence-corrected chi connectivity index (χ4v) is 3.15. The number of aromatic nitrogens is 4. The van der Waals surface area contributed by atoms with Gasteiger partial charge in [-0.3, -0.25) is 4.57 Å². The molecule has 1 aliphatic rings. The van der Waals surface area contributed by atoms with Gasteiger partial charge in [-0.15, -0.1) is 0 Å². The third-order valence-electron chi connectivity index (χ3n) is 3.95. The maximum Gasteiger partial charge on any atom is 0.350 e. The van der Waals surface area contributed by atoms with Gasteiger partial charge in [-0.1, -0.05) is 11.6 Å². The number of hydrogen-bond acceptors (Lipinski definition) is 6. The number of imidazole rings is 1. The Balaban J connectivity index is 1.73. The summed E-state index contributed by atoms with van der Waals surface area (Å²) in [6.45, 7) is 2.25. The van der Waals surface area contributed by atoms with Crippen LogP contribution in [0.1, 0.15) is 19.4 Å². The quantitative estimate of drug-likeness (QED) is 0.543. The van der Waals surface area contributed by atoms with Crippen LogP contribution in [0.25, 0.3) is 11.2 Å². The molecule has 0 amide bonds. The van der Waals surface area contributed by atoms with E-state index in [4.69, 9.17) is 20.3 Å². The first-order valence-electron chi connectivity index (χ1n) is 7.09. The van der Waals surface area contributed by atoms with Gasteiger partial charge in [0.15, 0.2) is 11.5 Å². The summed E-state index contributed by atoms with van der Waals surface area (Å²) >= 11 is 0. The Hall–Kier alpha value is -1.80. The van der Waals surface area contributed by atoms with Crippen molar-refractivity contribution in [2.75, 3.05) is 18.7 Å². The Morgan fingerprint density at radius 1 is 1.43 bits per heavy atom. The van der Waals surface area contributed by atoms with E-state index in [0.717, 1.165) is 12.0 Å². The highest BCUT2D eigenvalue weighted by Crippen LogP contribution is 2.37. The standard InChI is InChI=1S/C13H18N5O4P/c1-8-2-10(3-9(8)4-22-7-23(19,20)21)18-6-17-11-12(14)15-5-16-13(11)18/h2,5-6,9-10H,3-4,7H2,1H3,(H2,14,15,16)(H2,19,20,21)/t9-,10+/m1/s1. The molecule has 2 aromatic rings. The Kier molecular flexibility index (Phi) is 4.20. The van der Waals surface area contributed by atoms with E-state index in [9.17, 15) is 4.57 Å². The Morgan fingerprint density at radius 2 is 2.22 bits per heavy atom. The topological polar surface area (TPSA) is 136 Å². The van der Waals surface area contributed by atoms with Gasteiger partial charge >= 0.3 is 7.60 Å². The van der Waals surface area contributed by atoms with Gasteiger partial charge < -0.3 is 24.8 Å². The average molecular weight is 339 g/mol. The summed E-state index contributed by atoms with van der Waals surface area (Å²) < 4.78 is 17.9. The number of nitrogen functional groups attached to an aromatic ring is 1. The molecule has 3 rings (SSSR count). The monoisotopic (exact) mass is 339 g/mol. The van der Waals surface area contributed by atoms with Crippen molar-refractivity contribution in [1.82, 2.24) is 19.5 Å². The van der Waals surface area contributed by atoms with Crippen LogP contribution >= 0.6 is 7.60 Å². The van der Waals surface area contributed by atoms with E-state index >= 15 is 0 Å². The molecule has 0 saturated heterocycles. The van der Waals surface area contributed by atoms with Gasteiger partial charge in [0.2, 0.25) is 0 Å². The van der Waals surface area contributed by atoms with Gasteiger partial charge in [-0.05, 0) is 13.3 Å². The first-order chi connectivity index (χ1) is 10.8. The largest absolute Gasteiger partial charge is 0.382 e. The summed E-state index contributed by atoms with van der Waals surface area (Å²) in [5.41, 5.74) is 8.15. The van der Waals surface area contributed by atoms with Crippen molar-refractivity contribution < 1.29 is 19.1 Å². The molecule has 2 aromatic heterocycles. The molecule has 0 bridgehead atoms. The molecule has 0 radical (unpaired) electrons. The van der Waals surface area contributed by atoms with Gasteiger partial charge in [-0.2, -0.15) is 0 Å². The molecule has 0 aliphatic heterocycles. The van der Waals surface area contributed by atoms with Gasteiger partial charge in [0.25, 0.3) is 0 Å². The van der Waals surface area contributed by atoms with Crippen LogP contribution in [0.4, 0.5) is 5.82 Å². The average Bonchev–Trinajstić information content (AvgIpc) is 3.03. The molecule has 10 heteroatoms. The van der Waals surface area contributed by atoms with Crippen LogP contribution in [-0.4, -0.2) is 42.3 Å². The number of allylic oxidation sites excluding steroid dienone is 1. The van der Waals surface area contributed by atoms with E-state index in [1.165, 1.54) is 6.33 Å². The summed E-state index contributed by atoms with van der Waals surface area (Å²) in [7, 11) is -4.13. The van der Waals surface area contributed by atoms with Gasteiger partial charge in [0.1, 0.15) is 18.2 Å². The first kappa shape index (κ1) is 16.1. The molecule has 23 heavy (non-hydrogen) atoms. The van der Waals surface area contributed by atoms with Crippen LogP contribution in [0, 0.1) is 5.92 Å². The van der Waals surface area contributed by atoms with E-state index in [-0.39, 0.29) is 18.6 Å². The van der Waals surface area contributed by atoms with Crippen LogP contribution < -0.4 is 5.73 Å². The van der Waals surface area contributed by atoms with Gasteiger partial charge in [0.05, 0.1) is 19.0 Å². The molecule has 0 unspecified atom stereocenters. The van der Waals surface area contributed by atoms with E-state index in [0.29, 0.717) is 17.0 Å². The molecule has 2 atom stereocenters. The van der Waals surface area contributed by atoms with Crippen LogP contribution in [0.5, 0.6) is 0 Å². The molecule has 0 fully saturated rings. The molecule has 4 N–H and O–H groups in total. The van der Waals surface area contributed by atoms with Crippen molar-refractivity contribution >= 4 is 24.6 Å². The lowest BCUT2D eigenvalue weighted by molar-refractivity contribution is 0.129. The zero-order valence-electron chi connectivity index (χ0n) is 12.5. The highest BCUT2D eigenvalue weighted by molar-refractivity contribution is 7.51. The molecule has 2 heterocycles. The normalized spacial score (nSPS) is 21.8. The predicted molar refractivity (Wildman–Crippen MR) is 83.5 cm³/mol. The molecule has 0 saturated carbocycles. The second-order valence-electron chi connectivity index (χ2n) is 5.66. The van der Waals surface area contributed by atoms with Crippen LogP contribution in [0.2, 0.25) is 0 Å². The van der Waals surface area contributed by atoms with E-state index in [1.54, 1.807) is 6.33 Å². The molecule has 9 nitrogen and oxygen atoms in total. The Bertz CT molecular complexity index is 799. The number of nitrogens with zero attached hydrogens (tertiary/aromatic N) is 4. The fraction of sp³-hybridized carbons (Fsp3) is 0.462. The van der Waals surface area contributed by atoms with Crippen LogP contribution in [0.3, 0.4) is 0 Å². The number of fused-ring (bicyclic) bond motifs is 1. The van der Waals surface area contributed by atoms with E-state index < -0.39 is 13.9 Å². The molecular weight excluding hydrogens is 321 g/mol. The van der Waals surface area contributed by atoms with E-state index in [1.807, 2.05) is 11.5 Å². The number of rotatable bonds is 5. The van der Waals surface area contributed by atoms with E-state index in [2.05, 4.69) is 21.0 Å². The lowest BCUT2D eigenvalue weighted by atomic mass is 10.0. The van der Waals surface area contributed by atoms with Gasteiger partial charge in [-0.25, -0.2) is 15.0 Å². The number of nitrogens with two attached hydrogens (primary N) is 1. The lowest BCUT2D eigenvalue weighted by Gasteiger charge is -2.15. The van der Waals surface area contributed by atoms with Crippen LogP contribution in [0.15, 0.2) is 24.3 Å². The summed E-state index contributed by atoms with van der Waals surface area (Å²) in [4.78, 5) is 30.1. The van der Waals surface area contributed by atoms with Crippen LogP contribution in [-0.2, 0) is 9.30 Å². The number of ether oxygens (including phenoxy) is 1. The highest BCUT2D eigenvalue weighted by atomic mass is 31.2. The molecule has 0 spiro atoms. The Morgan fingerprint density at radius 3 is 2.96 bits per heavy atom. The summed E-state index contributed by atoms with van der Waals surface area (Å²) in [5, 5.41) is 0. The van der Waals surface area contributed by atoms with Gasteiger partial charge in [0, 0.05) is 5.92 Å². The lowest BCUT2D eigenvalue weighted by Crippen LogP contribution is -2.12. The third kappa shape index (κ3) is 3.42. The van der Waals surface area contributed by atoms with Crippen molar-refractivity contribution in [2.45, 2.75) is 19.4 Å². The fourth-order valence-electron chi connectivity index (χ4n) is 2.80. The zero-order valence-corrected chi connectivity index (χ0v) is 13.4. The van der Waals surface area contributed by atoms with Crippen molar-refractivity contribution in [3.63, 3.8) is 0 Å². The second kappa shape index (κ2) is 6.01. The minimum atomic E-state index is -4.13. The van der Waals surface area contributed by atoms with Crippen molar-refractivity contribution in [3.8, 4) is 0 Å². The minimum absolute atomic E-state index is 0.0537. The third-order valence-corrected chi connectivity index (χ3v) is 4.47. The minimum Gasteiger partial charge on any atom is -0.382 e. The predicted octanol–water partition coefficient (Wildman–Crippen LogP) is 1.07. The maximum absolute atomic E-state index is 10.8. The Labute approximate surface area is 132 Å². The molecular formula is C13H18N5O4P. The summed E-state index contributed by atoms with van der Waals surface area (Å²) in [6.07, 6.45) is 5.37. The smallest absolute Gasteiger partial charge is 0.350 e. The second-order valence-corrected chi connectivity index (χ2v) is 7.25. The molecule has 0 aromatic carbocycles. The SMILES string of the molecule is CC1=C[C@H](n2cnc3c(N)ncnc32)C[C@@H]1COCP(=O)(O)O. The van der Waals surface area contributed by atoms with Crippen molar-refractivity contribution in [1.29, 1.82) is 0 Å². The number of anilines is 1. The highest BCUT2D eigenvalue weighted by Gasteiger charge is 2.27. The molecule has 1 aliphatic carbocycles. The molecule has 124 valence electrons. The first-order valence-corrected chi connectivity index (χ1v) is 8.88. The van der Waals surface area contributed by atoms with Crippen molar-refractivity contribution in [2.24, 2.45) is 5.92 Å². The summed E-state index contributed by atoms with van der Waals surface area (Å²) in [6, 6.07) is 0.0537. The van der Waals surface area contributed by atoms with Crippen molar-refractivity contribution in [3.05, 3.63) is 24.3 Å².